The van der Waals surface area contributed by atoms with E-state index in [0.717, 1.165) is 22.1 Å². The lowest BCUT2D eigenvalue weighted by atomic mass is 10.1. The fourth-order valence-corrected chi connectivity index (χ4v) is 4.96. The van der Waals surface area contributed by atoms with E-state index in [9.17, 15) is 14.4 Å². The lowest BCUT2D eigenvalue weighted by Crippen LogP contribution is -2.28. The maximum Gasteiger partial charge on any atom is 0.251 e. The van der Waals surface area contributed by atoms with Crippen LogP contribution < -0.4 is 15.5 Å². The Hall–Kier alpha value is -3.11. The topological polar surface area (TPSA) is 104 Å². The average molecular weight is 542 g/mol. The first-order chi connectivity index (χ1) is 16.4. The van der Waals surface area contributed by atoms with Gasteiger partial charge in [-0.25, -0.2) is 0 Å². The average Bonchev–Trinajstić information content (AvgIpc) is 3.45. The van der Waals surface area contributed by atoms with Crippen LogP contribution in [0.4, 0.5) is 10.8 Å². The Morgan fingerprint density at radius 2 is 2.00 bits per heavy atom. The van der Waals surface area contributed by atoms with Crippen LogP contribution in [0.3, 0.4) is 0 Å². The molecule has 2 heterocycles. The van der Waals surface area contributed by atoms with E-state index in [1.165, 1.54) is 11.3 Å². The monoisotopic (exact) mass is 541 g/mol. The minimum absolute atomic E-state index is 0.0554. The van der Waals surface area contributed by atoms with Crippen molar-refractivity contribution in [2.24, 2.45) is 5.92 Å². The summed E-state index contributed by atoms with van der Waals surface area (Å²) < 4.78 is 0.839. The number of amides is 3. The zero-order chi connectivity index (χ0) is 24.1. The number of anilines is 2. The fraction of sp³-hybridized carbons (Fsp3) is 0.292. The second-order valence-corrected chi connectivity index (χ2v) is 9.87. The van der Waals surface area contributed by atoms with E-state index in [1.807, 2.05) is 37.3 Å². The number of halogens is 1. The van der Waals surface area contributed by atoms with E-state index in [0.29, 0.717) is 35.2 Å². The second-order valence-electron chi connectivity index (χ2n) is 7.89. The molecule has 3 amide bonds. The molecule has 2 N–H and O–H groups in total. The molecule has 34 heavy (non-hydrogen) atoms. The summed E-state index contributed by atoms with van der Waals surface area (Å²) in [6.07, 6.45) is 1.47. The summed E-state index contributed by atoms with van der Waals surface area (Å²) in [4.78, 5) is 39.3. The molecule has 1 atom stereocenters. The largest absolute Gasteiger partial charge is 0.352 e. The lowest BCUT2D eigenvalue weighted by Gasteiger charge is -2.19. The number of carbonyl (C=O) groups is 3. The first kappa shape index (κ1) is 24.0. The number of carbonyl (C=O) groups excluding carboxylic acids is 3. The molecule has 8 nitrogen and oxygen atoms in total. The third-order valence-corrected chi connectivity index (χ3v) is 6.96. The van der Waals surface area contributed by atoms with E-state index in [2.05, 4.69) is 36.8 Å². The Morgan fingerprint density at radius 1 is 1.18 bits per heavy atom. The number of para-hydroxylation sites is 1. The molecule has 10 heteroatoms. The highest BCUT2D eigenvalue weighted by atomic mass is 79.9. The molecule has 3 aromatic rings. The maximum atomic E-state index is 12.8. The predicted molar refractivity (Wildman–Crippen MR) is 135 cm³/mol. The van der Waals surface area contributed by atoms with Gasteiger partial charge in [-0.3, -0.25) is 14.4 Å². The minimum atomic E-state index is -0.450. The number of hydrogen-bond acceptors (Lipinski definition) is 6. The van der Waals surface area contributed by atoms with E-state index in [1.54, 1.807) is 23.1 Å². The Balaban J connectivity index is 1.29. The standard InChI is InChI=1S/C24H24BrN5O3S/c1-2-15-6-3-4-9-19(15)30-14-17(13-21(30)31)23(33)27-24-29-28-20(34-24)10-11-26-22(32)16-7-5-8-18(25)12-16/h3-9,12,17H,2,10-11,13-14H2,1H3,(H,26,32)(H,27,29,33). The molecule has 1 aliphatic heterocycles. The SMILES string of the molecule is CCc1ccccc1N1CC(C(=O)Nc2nnc(CCNC(=O)c3cccc(Br)c3)s2)CC1=O. The smallest absolute Gasteiger partial charge is 0.251 e. The first-order valence-corrected chi connectivity index (χ1v) is 12.6. The fourth-order valence-electron chi connectivity index (χ4n) is 3.82. The molecule has 0 spiro atoms. The van der Waals surface area contributed by atoms with Crippen LogP contribution in [0.25, 0.3) is 0 Å². The summed E-state index contributed by atoms with van der Waals surface area (Å²) in [5.41, 5.74) is 2.52. The van der Waals surface area contributed by atoms with Crippen molar-refractivity contribution < 1.29 is 14.4 Å². The van der Waals surface area contributed by atoms with Crippen molar-refractivity contribution in [3.8, 4) is 0 Å². The second kappa shape index (κ2) is 10.9. The summed E-state index contributed by atoms with van der Waals surface area (Å²) in [5, 5.41) is 14.9. The van der Waals surface area contributed by atoms with Crippen molar-refractivity contribution in [3.05, 3.63) is 69.1 Å². The van der Waals surface area contributed by atoms with E-state index in [4.69, 9.17) is 0 Å². The quantitative estimate of drug-likeness (QED) is 0.451. The summed E-state index contributed by atoms with van der Waals surface area (Å²) in [5.74, 6) is -0.913. The highest BCUT2D eigenvalue weighted by molar-refractivity contribution is 9.10. The molecule has 1 fully saturated rings. The van der Waals surface area contributed by atoms with Crippen molar-refractivity contribution >= 4 is 55.8 Å². The minimum Gasteiger partial charge on any atom is -0.352 e. The van der Waals surface area contributed by atoms with Crippen molar-refractivity contribution in [2.45, 2.75) is 26.2 Å². The molecule has 1 saturated heterocycles. The summed E-state index contributed by atoms with van der Waals surface area (Å²) >= 11 is 4.62. The molecular formula is C24H24BrN5O3S. The van der Waals surface area contributed by atoms with Crippen molar-refractivity contribution in [2.75, 3.05) is 23.3 Å². The van der Waals surface area contributed by atoms with Gasteiger partial charge in [-0.05, 0) is 36.2 Å². The van der Waals surface area contributed by atoms with Gasteiger partial charge in [-0.15, -0.1) is 10.2 Å². The zero-order valence-corrected chi connectivity index (χ0v) is 21.0. The molecule has 0 saturated carbocycles. The number of nitrogens with zero attached hydrogens (tertiary/aromatic N) is 3. The highest BCUT2D eigenvalue weighted by Crippen LogP contribution is 2.29. The Bertz CT molecular complexity index is 1210. The number of benzene rings is 2. The third kappa shape index (κ3) is 5.68. The van der Waals surface area contributed by atoms with Gasteiger partial charge in [0.05, 0.1) is 5.92 Å². The van der Waals surface area contributed by atoms with Crippen LogP contribution >= 0.6 is 27.3 Å². The van der Waals surface area contributed by atoms with Gasteiger partial charge in [0.2, 0.25) is 16.9 Å². The summed E-state index contributed by atoms with van der Waals surface area (Å²) in [7, 11) is 0. The third-order valence-electron chi connectivity index (χ3n) is 5.57. The van der Waals surface area contributed by atoms with Gasteiger partial charge in [0.15, 0.2) is 0 Å². The zero-order valence-electron chi connectivity index (χ0n) is 18.6. The van der Waals surface area contributed by atoms with Crippen molar-refractivity contribution in [3.63, 3.8) is 0 Å². The summed E-state index contributed by atoms with van der Waals surface area (Å²) in [6.45, 7) is 2.79. The molecule has 2 aromatic carbocycles. The van der Waals surface area contributed by atoms with Crippen molar-refractivity contribution in [1.29, 1.82) is 0 Å². The first-order valence-electron chi connectivity index (χ1n) is 11.0. The van der Waals surface area contributed by atoms with Crippen LogP contribution in [0.5, 0.6) is 0 Å². The van der Waals surface area contributed by atoms with Crippen LogP contribution in [-0.4, -0.2) is 41.0 Å². The number of aryl methyl sites for hydroxylation is 1. The van der Waals surface area contributed by atoms with Crippen LogP contribution in [-0.2, 0) is 22.4 Å². The van der Waals surface area contributed by atoms with Crippen LogP contribution in [0.15, 0.2) is 53.0 Å². The van der Waals surface area contributed by atoms with E-state index < -0.39 is 5.92 Å². The molecule has 0 aliphatic carbocycles. The predicted octanol–water partition coefficient (Wildman–Crippen LogP) is 3.83. The highest BCUT2D eigenvalue weighted by Gasteiger charge is 2.36. The molecule has 0 bridgehead atoms. The van der Waals surface area contributed by atoms with E-state index >= 15 is 0 Å². The van der Waals surface area contributed by atoms with Gasteiger partial charge in [0.25, 0.3) is 5.91 Å². The number of aromatic nitrogens is 2. The Morgan fingerprint density at radius 3 is 2.79 bits per heavy atom. The number of rotatable bonds is 8. The molecule has 1 unspecified atom stereocenters. The van der Waals surface area contributed by atoms with Gasteiger partial charge >= 0.3 is 0 Å². The Kier molecular flexibility index (Phi) is 7.69. The van der Waals surface area contributed by atoms with Gasteiger partial charge in [0, 0.05) is 41.7 Å². The maximum absolute atomic E-state index is 12.8. The van der Waals surface area contributed by atoms with Crippen molar-refractivity contribution in [1.82, 2.24) is 15.5 Å². The van der Waals surface area contributed by atoms with E-state index in [-0.39, 0.29) is 24.1 Å². The van der Waals surface area contributed by atoms with Crippen LogP contribution in [0, 0.1) is 5.92 Å². The molecule has 0 radical (unpaired) electrons. The summed E-state index contributed by atoms with van der Waals surface area (Å²) in [6, 6.07) is 14.9. The molecule has 176 valence electrons. The number of hydrogen-bond donors (Lipinski definition) is 2. The molecule has 1 aromatic heterocycles. The van der Waals surface area contributed by atoms with Gasteiger partial charge in [-0.1, -0.05) is 58.5 Å². The number of nitrogens with one attached hydrogen (secondary N) is 2. The van der Waals surface area contributed by atoms with Gasteiger partial charge in [0.1, 0.15) is 5.01 Å². The Labute approximate surface area is 209 Å². The van der Waals surface area contributed by atoms with Crippen LogP contribution in [0.1, 0.15) is 34.3 Å². The lowest BCUT2D eigenvalue weighted by molar-refractivity contribution is -0.122. The molecule has 4 rings (SSSR count). The molecule has 1 aliphatic rings. The molecular weight excluding hydrogens is 518 g/mol. The van der Waals surface area contributed by atoms with Gasteiger partial charge < -0.3 is 15.5 Å². The van der Waals surface area contributed by atoms with Gasteiger partial charge in [-0.2, -0.15) is 0 Å². The van der Waals surface area contributed by atoms with Crippen LogP contribution in [0.2, 0.25) is 0 Å². The normalized spacial score (nSPS) is 15.4.